The lowest BCUT2D eigenvalue weighted by molar-refractivity contribution is 0.194. The van der Waals surface area contributed by atoms with Gasteiger partial charge in [-0.25, -0.2) is 13.1 Å². The van der Waals surface area contributed by atoms with Gasteiger partial charge in [0.05, 0.1) is 5.25 Å². The third kappa shape index (κ3) is 3.84. The summed E-state index contributed by atoms with van der Waals surface area (Å²) in [6.07, 6.45) is 3.67. The Kier molecular flexibility index (Phi) is 4.33. The first-order valence-electron chi connectivity index (χ1n) is 7.82. The van der Waals surface area contributed by atoms with Crippen LogP contribution in [0, 0.1) is 6.92 Å². The maximum atomic E-state index is 12.1. The third-order valence-electron chi connectivity index (χ3n) is 4.45. The van der Waals surface area contributed by atoms with Gasteiger partial charge < -0.3 is 0 Å². The lowest BCUT2D eigenvalue weighted by Crippen LogP contribution is -2.48. The van der Waals surface area contributed by atoms with Crippen molar-refractivity contribution in [2.24, 2.45) is 0 Å². The van der Waals surface area contributed by atoms with Crippen LogP contribution >= 0.6 is 0 Å². The summed E-state index contributed by atoms with van der Waals surface area (Å²) in [5.41, 5.74) is 2.64. The number of likely N-dealkylation sites (tertiary alicyclic amines) is 1. The van der Waals surface area contributed by atoms with E-state index in [1.54, 1.807) is 0 Å². The Labute approximate surface area is 127 Å². The van der Waals surface area contributed by atoms with Gasteiger partial charge in [-0.2, -0.15) is 0 Å². The summed E-state index contributed by atoms with van der Waals surface area (Å²) in [4.78, 5) is 2.37. The summed E-state index contributed by atoms with van der Waals surface area (Å²) in [6.45, 7) is 4.91. The molecule has 1 unspecified atom stereocenters. The minimum Gasteiger partial charge on any atom is -0.297 e. The smallest absolute Gasteiger partial charge is 0.214 e. The monoisotopic (exact) mass is 308 g/mol. The Bertz CT molecular complexity index is 596. The molecular formula is C16H24N2O2S. The number of hydrogen-bond acceptors (Lipinski definition) is 3. The average molecular weight is 308 g/mol. The highest BCUT2D eigenvalue weighted by Crippen LogP contribution is 2.28. The molecule has 3 rings (SSSR count). The van der Waals surface area contributed by atoms with E-state index in [1.165, 1.54) is 11.1 Å². The Hall–Kier alpha value is -0.910. The average Bonchev–Trinajstić information content (AvgIpc) is 3.26. The van der Waals surface area contributed by atoms with Crippen LogP contribution in [0.1, 0.15) is 36.8 Å². The van der Waals surface area contributed by atoms with E-state index in [0.717, 1.165) is 45.3 Å². The number of sulfonamides is 1. The van der Waals surface area contributed by atoms with Crippen molar-refractivity contribution in [3.8, 4) is 0 Å². The molecule has 1 saturated heterocycles. The molecule has 1 aliphatic carbocycles. The first kappa shape index (κ1) is 15.0. The predicted molar refractivity (Wildman–Crippen MR) is 84.6 cm³/mol. The normalized spacial score (nSPS) is 24.1. The molecule has 0 radical (unpaired) electrons. The van der Waals surface area contributed by atoms with Crippen LogP contribution in [-0.2, 0) is 16.6 Å². The van der Waals surface area contributed by atoms with Gasteiger partial charge in [0.2, 0.25) is 10.0 Å². The molecule has 0 bridgehead atoms. The third-order valence-corrected chi connectivity index (χ3v) is 6.47. The highest BCUT2D eigenvalue weighted by atomic mass is 32.2. The predicted octanol–water partition coefficient (Wildman–Crippen LogP) is 2.04. The molecule has 1 aliphatic heterocycles. The van der Waals surface area contributed by atoms with E-state index >= 15 is 0 Å². The van der Waals surface area contributed by atoms with Gasteiger partial charge in [0, 0.05) is 19.1 Å². The standard InChI is InChI=1S/C16H24N2O2S/c1-13-5-2-3-6-14(13)11-18-10-4-7-15(12-18)17-21(19,20)16-8-9-16/h2-3,5-6,15-17H,4,7-12H2,1H3. The van der Waals surface area contributed by atoms with Crippen molar-refractivity contribution in [3.63, 3.8) is 0 Å². The van der Waals surface area contributed by atoms with Gasteiger partial charge in [-0.05, 0) is 50.3 Å². The van der Waals surface area contributed by atoms with Gasteiger partial charge in [0.1, 0.15) is 0 Å². The van der Waals surface area contributed by atoms with E-state index in [4.69, 9.17) is 0 Å². The van der Waals surface area contributed by atoms with E-state index in [-0.39, 0.29) is 11.3 Å². The quantitative estimate of drug-likeness (QED) is 0.905. The highest BCUT2D eigenvalue weighted by Gasteiger charge is 2.37. The van der Waals surface area contributed by atoms with Gasteiger partial charge in [0.15, 0.2) is 0 Å². The zero-order valence-electron chi connectivity index (χ0n) is 12.6. The fourth-order valence-corrected chi connectivity index (χ4v) is 4.64. The van der Waals surface area contributed by atoms with Gasteiger partial charge >= 0.3 is 0 Å². The summed E-state index contributed by atoms with van der Waals surface area (Å²) in [5.74, 6) is 0. The van der Waals surface area contributed by atoms with Crippen LogP contribution in [0.15, 0.2) is 24.3 Å². The number of piperidine rings is 1. The zero-order chi connectivity index (χ0) is 14.9. The van der Waals surface area contributed by atoms with Crippen molar-refractivity contribution < 1.29 is 8.42 Å². The summed E-state index contributed by atoms with van der Waals surface area (Å²) in [5, 5.41) is -0.121. The number of nitrogens with zero attached hydrogens (tertiary/aromatic N) is 1. The lowest BCUT2D eigenvalue weighted by Gasteiger charge is -2.33. The molecule has 0 spiro atoms. The second-order valence-electron chi connectivity index (χ2n) is 6.36. The number of hydrogen-bond donors (Lipinski definition) is 1. The molecule has 0 amide bonds. The topological polar surface area (TPSA) is 49.4 Å². The molecule has 1 heterocycles. The van der Waals surface area contributed by atoms with Crippen molar-refractivity contribution in [1.82, 2.24) is 9.62 Å². The fourth-order valence-electron chi connectivity index (χ4n) is 3.03. The molecule has 5 heteroatoms. The molecule has 0 aromatic heterocycles. The first-order valence-corrected chi connectivity index (χ1v) is 9.37. The van der Waals surface area contributed by atoms with Gasteiger partial charge in [-0.15, -0.1) is 0 Å². The molecule has 1 aromatic carbocycles. The maximum Gasteiger partial charge on any atom is 0.214 e. The van der Waals surface area contributed by atoms with Crippen LogP contribution in [0.2, 0.25) is 0 Å². The summed E-state index contributed by atoms with van der Waals surface area (Å²) < 4.78 is 27.0. The van der Waals surface area contributed by atoms with Crippen LogP contribution in [0.25, 0.3) is 0 Å². The highest BCUT2D eigenvalue weighted by molar-refractivity contribution is 7.90. The molecule has 1 N–H and O–H groups in total. The minimum absolute atomic E-state index is 0.0772. The summed E-state index contributed by atoms with van der Waals surface area (Å²) in [7, 11) is -3.07. The van der Waals surface area contributed by atoms with E-state index in [1.807, 2.05) is 0 Å². The molecule has 2 aliphatic rings. The van der Waals surface area contributed by atoms with Gasteiger partial charge in [0.25, 0.3) is 0 Å². The van der Waals surface area contributed by atoms with Crippen LogP contribution in [-0.4, -0.2) is 37.7 Å². The van der Waals surface area contributed by atoms with Crippen molar-refractivity contribution in [1.29, 1.82) is 0 Å². The Morgan fingerprint density at radius 1 is 1.24 bits per heavy atom. The molecule has 116 valence electrons. The van der Waals surface area contributed by atoms with Crippen LogP contribution in [0.3, 0.4) is 0 Å². The lowest BCUT2D eigenvalue weighted by atomic mass is 10.0. The number of nitrogens with one attached hydrogen (secondary N) is 1. The largest absolute Gasteiger partial charge is 0.297 e. The summed E-state index contributed by atoms with van der Waals surface area (Å²) in [6, 6.07) is 8.49. The molecule has 4 nitrogen and oxygen atoms in total. The SMILES string of the molecule is Cc1ccccc1CN1CCCC(NS(=O)(=O)C2CC2)C1. The maximum absolute atomic E-state index is 12.1. The van der Waals surface area contributed by atoms with Gasteiger partial charge in [-0.1, -0.05) is 24.3 Å². The molecule has 2 fully saturated rings. The number of aryl methyl sites for hydroxylation is 1. The molecule has 1 saturated carbocycles. The Morgan fingerprint density at radius 3 is 2.71 bits per heavy atom. The Morgan fingerprint density at radius 2 is 2.00 bits per heavy atom. The molecule has 1 atom stereocenters. The van der Waals surface area contributed by atoms with E-state index in [9.17, 15) is 8.42 Å². The van der Waals surface area contributed by atoms with Crippen LogP contribution in [0.4, 0.5) is 0 Å². The van der Waals surface area contributed by atoms with Crippen LogP contribution < -0.4 is 4.72 Å². The second-order valence-corrected chi connectivity index (χ2v) is 8.36. The molecule has 1 aromatic rings. The second kappa shape index (κ2) is 6.07. The number of benzene rings is 1. The van der Waals surface area contributed by atoms with Crippen molar-refractivity contribution in [2.45, 2.75) is 50.4 Å². The number of rotatable bonds is 5. The molecular weight excluding hydrogens is 284 g/mol. The van der Waals surface area contributed by atoms with Crippen molar-refractivity contribution in [2.75, 3.05) is 13.1 Å². The fraction of sp³-hybridized carbons (Fsp3) is 0.625. The van der Waals surface area contributed by atoms with E-state index in [2.05, 4.69) is 40.8 Å². The van der Waals surface area contributed by atoms with Crippen molar-refractivity contribution in [3.05, 3.63) is 35.4 Å². The van der Waals surface area contributed by atoms with E-state index < -0.39 is 10.0 Å². The van der Waals surface area contributed by atoms with Crippen LogP contribution in [0.5, 0.6) is 0 Å². The van der Waals surface area contributed by atoms with Gasteiger partial charge in [-0.3, -0.25) is 4.90 Å². The minimum atomic E-state index is -3.07. The first-order chi connectivity index (χ1) is 10.0. The van der Waals surface area contributed by atoms with Crippen molar-refractivity contribution >= 4 is 10.0 Å². The summed E-state index contributed by atoms with van der Waals surface area (Å²) >= 11 is 0. The zero-order valence-corrected chi connectivity index (χ0v) is 13.4. The Balaban J connectivity index is 1.59. The van der Waals surface area contributed by atoms with E-state index in [0.29, 0.717) is 0 Å². The molecule has 21 heavy (non-hydrogen) atoms.